The molecule has 2 nitrogen and oxygen atoms in total. The molecule has 1 N–H and O–H groups in total. The van der Waals surface area contributed by atoms with Gasteiger partial charge in [0.15, 0.2) is 0 Å². The van der Waals surface area contributed by atoms with Crippen LogP contribution in [0.4, 0.5) is 0 Å². The molecule has 0 spiro atoms. The fraction of sp³-hybridized carbons (Fsp3) is 0.562. The topological polar surface area (TPSA) is 24.9 Å². The molecule has 0 aromatic carbocycles. The molecule has 0 fully saturated rings. The van der Waals surface area contributed by atoms with Gasteiger partial charge in [-0.05, 0) is 56.7 Å². The van der Waals surface area contributed by atoms with E-state index < -0.39 is 0 Å². The highest BCUT2D eigenvalue weighted by Crippen LogP contribution is 2.09. The molecule has 1 heterocycles. The van der Waals surface area contributed by atoms with Crippen LogP contribution in [0.25, 0.3) is 0 Å². The van der Waals surface area contributed by atoms with Crippen molar-refractivity contribution >= 4 is 0 Å². The number of hydrogen-bond donors (Lipinski definition) is 1. The van der Waals surface area contributed by atoms with Crippen LogP contribution in [0.2, 0.25) is 0 Å². The van der Waals surface area contributed by atoms with E-state index in [9.17, 15) is 0 Å². The number of unbranched alkanes of at least 4 members (excludes halogenated alkanes) is 1. The van der Waals surface area contributed by atoms with Crippen LogP contribution >= 0.6 is 0 Å². The Bertz CT molecular complexity index is 308. The number of pyridine rings is 1. The summed E-state index contributed by atoms with van der Waals surface area (Å²) in [4.78, 5) is 4.17. The molecular formula is C16H26N2. The van der Waals surface area contributed by atoms with Crippen molar-refractivity contribution in [1.82, 2.24) is 10.3 Å². The minimum Gasteiger partial charge on any atom is -0.314 e. The molecule has 1 aromatic heterocycles. The van der Waals surface area contributed by atoms with E-state index in [4.69, 9.17) is 0 Å². The SMILES string of the molecule is C=CCCCC(CCc1cccnc1)NCCC. The summed E-state index contributed by atoms with van der Waals surface area (Å²) in [6.45, 7) is 7.12. The third kappa shape index (κ3) is 6.55. The summed E-state index contributed by atoms with van der Waals surface area (Å²) in [7, 11) is 0. The molecule has 0 aliphatic rings. The molecule has 0 saturated carbocycles. The third-order valence-electron chi connectivity index (χ3n) is 3.15. The summed E-state index contributed by atoms with van der Waals surface area (Å²) in [5, 5.41) is 3.64. The van der Waals surface area contributed by atoms with Gasteiger partial charge < -0.3 is 5.32 Å². The summed E-state index contributed by atoms with van der Waals surface area (Å²) < 4.78 is 0. The molecule has 0 aliphatic carbocycles. The second kappa shape index (κ2) is 9.84. The van der Waals surface area contributed by atoms with Crippen molar-refractivity contribution in [3.63, 3.8) is 0 Å². The van der Waals surface area contributed by atoms with Gasteiger partial charge in [-0.2, -0.15) is 0 Å². The lowest BCUT2D eigenvalue weighted by Gasteiger charge is -2.18. The summed E-state index contributed by atoms with van der Waals surface area (Å²) in [6.07, 6.45) is 12.9. The van der Waals surface area contributed by atoms with Gasteiger partial charge in [0.05, 0.1) is 0 Å². The molecule has 2 heteroatoms. The normalized spacial score (nSPS) is 12.3. The van der Waals surface area contributed by atoms with E-state index >= 15 is 0 Å². The van der Waals surface area contributed by atoms with E-state index in [0.29, 0.717) is 6.04 Å². The molecule has 0 amide bonds. The van der Waals surface area contributed by atoms with Crippen LogP contribution in [0.1, 0.15) is 44.6 Å². The Morgan fingerprint density at radius 2 is 2.33 bits per heavy atom. The standard InChI is InChI=1S/C16H26N2/c1-3-5-6-9-16(18-12-4-2)11-10-15-8-7-13-17-14-15/h3,7-8,13-14,16,18H,1,4-6,9-12H2,2H3. The number of nitrogens with zero attached hydrogens (tertiary/aromatic N) is 1. The number of aryl methyl sites for hydroxylation is 1. The first-order chi connectivity index (χ1) is 8.86. The number of nitrogens with one attached hydrogen (secondary N) is 1. The number of allylic oxidation sites excluding steroid dienone is 1. The first-order valence-corrected chi connectivity index (χ1v) is 7.10. The molecule has 0 saturated heterocycles. The van der Waals surface area contributed by atoms with E-state index in [1.54, 1.807) is 0 Å². The Kier molecular flexibility index (Phi) is 8.15. The molecular weight excluding hydrogens is 220 g/mol. The molecule has 0 bridgehead atoms. The molecule has 1 rings (SSSR count). The molecule has 0 radical (unpaired) electrons. The maximum Gasteiger partial charge on any atom is 0.0299 e. The van der Waals surface area contributed by atoms with Crippen molar-refractivity contribution < 1.29 is 0 Å². The van der Waals surface area contributed by atoms with Crippen LogP contribution in [0.5, 0.6) is 0 Å². The molecule has 1 unspecified atom stereocenters. The Morgan fingerprint density at radius 3 is 3.00 bits per heavy atom. The average molecular weight is 246 g/mol. The fourth-order valence-corrected chi connectivity index (χ4v) is 2.09. The van der Waals surface area contributed by atoms with Crippen molar-refractivity contribution in [2.24, 2.45) is 0 Å². The van der Waals surface area contributed by atoms with E-state index in [1.165, 1.54) is 31.2 Å². The van der Waals surface area contributed by atoms with Gasteiger partial charge in [0.1, 0.15) is 0 Å². The van der Waals surface area contributed by atoms with Crippen LogP contribution in [0.15, 0.2) is 37.2 Å². The smallest absolute Gasteiger partial charge is 0.0299 e. The van der Waals surface area contributed by atoms with Crippen molar-refractivity contribution in [1.29, 1.82) is 0 Å². The second-order valence-electron chi connectivity index (χ2n) is 4.77. The minimum absolute atomic E-state index is 0.630. The predicted molar refractivity (Wildman–Crippen MR) is 78.7 cm³/mol. The molecule has 18 heavy (non-hydrogen) atoms. The van der Waals surface area contributed by atoms with Gasteiger partial charge in [-0.3, -0.25) is 4.98 Å². The summed E-state index contributed by atoms with van der Waals surface area (Å²) in [5.41, 5.74) is 1.34. The van der Waals surface area contributed by atoms with Crippen LogP contribution in [-0.4, -0.2) is 17.6 Å². The lowest BCUT2D eigenvalue weighted by atomic mass is 10.0. The van der Waals surface area contributed by atoms with Crippen LogP contribution in [0, 0.1) is 0 Å². The second-order valence-corrected chi connectivity index (χ2v) is 4.77. The van der Waals surface area contributed by atoms with E-state index in [2.05, 4.69) is 29.9 Å². The van der Waals surface area contributed by atoms with Crippen molar-refractivity contribution in [3.05, 3.63) is 42.7 Å². The zero-order chi connectivity index (χ0) is 13.1. The number of aromatic nitrogens is 1. The quantitative estimate of drug-likeness (QED) is 0.502. The van der Waals surface area contributed by atoms with Gasteiger partial charge in [0, 0.05) is 18.4 Å². The summed E-state index contributed by atoms with van der Waals surface area (Å²) in [5.74, 6) is 0. The van der Waals surface area contributed by atoms with Gasteiger partial charge >= 0.3 is 0 Å². The van der Waals surface area contributed by atoms with Gasteiger partial charge in [0.25, 0.3) is 0 Å². The number of rotatable bonds is 10. The van der Waals surface area contributed by atoms with Gasteiger partial charge in [0.2, 0.25) is 0 Å². The largest absolute Gasteiger partial charge is 0.314 e. The molecule has 0 aliphatic heterocycles. The zero-order valence-electron chi connectivity index (χ0n) is 11.6. The first kappa shape index (κ1) is 14.9. The highest BCUT2D eigenvalue weighted by atomic mass is 14.9. The van der Waals surface area contributed by atoms with Gasteiger partial charge in [-0.15, -0.1) is 6.58 Å². The Labute approximate surface area is 112 Å². The predicted octanol–water partition coefficient (Wildman–Crippen LogP) is 3.74. The fourth-order valence-electron chi connectivity index (χ4n) is 2.09. The highest BCUT2D eigenvalue weighted by molar-refractivity contribution is 5.08. The van der Waals surface area contributed by atoms with Gasteiger partial charge in [-0.1, -0.05) is 19.1 Å². The number of hydrogen-bond acceptors (Lipinski definition) is 2. The Morgan fingerprint density at radius 1 is 1.44 bits per heavy atom. The van der Waals surface area contributed by atoms with Crippen LogP contribution in [-0.2, 0) is 6.42 Å². The lowest BCUT2D eigenvalue weighted by molar-refractivity contribution is 0.443. The Hall–Kier alpha value is -1.15. The maximum atomic E-state index is 4.17. The maximum absolute atomic E-state index is 4.17. The highest BCUT2D eigenvalue weighted by Gasteiger charge is 2.07. The average Bonchev–Trinajstić information content (AvgIpc) is 2.42. The van der Waals surface area contributed by atoms with Crippen molar-refractivity contribution in [3.8, 4) is 0 Å². The van der Waals surface area contributed by atoms with Crippen LogP contribution < -0.4 is 5.32 Å². The lowest BCUT2D eigenvalue weighted by Crippen LogP contribution is -2.30. The van der Waals surface area contributed by atoms with Crippen molar-refractivity contribution in [2.75, 3.05) is 6.54 Å². The summed E-state index contributed by atoms with van der Waals surface area (Å²) >= 11 is 0. The first-order valence-electron chi connectivity index (χ1n) is 7.10. The van der Waals surface area contributed by atoms with Gasteiger partial charge in [-0.25, -0.2) is 0 Å². The molecule has 100 valence electrons. The van der Waals surface area contributed by atoms with Crippen LogP contribution in [0.3, 0.4) is 0 Å². The van der Waals surface area contributed by atoms with E-state index in [-0.39, 0.29) is 0 Å². The summed E-state index contributed by atoms with van der Waals surface area (Å²) in [6, 6.07) is 4.81. The third-order valence-corrected chi connectivity index (χ3v) is 3.15. The van der Waals surface area contributed by atoms with Crippen molar-refractivity contribution in [2.45, 2.75) is 51.5 Å². The minimum atomic E-state index is 0.630. The molecule has 1 aromatic rings. The zero-order valence-corrected chi connectivity index (χ0v) is 11.6. The van der Waals surface area contributed by atoms with E-state index in [0.717, 1.165) is 19.4 Å². The van der Waals surface area contributed by atoms with E-state index in [1.807, 2.05) is 24.5 Å². The Balaban J connectivity index is 2.32. The molecule has 1 atom stereocenters. The monoisotopic (exact) mass is 246 g/mol.